The Bertz CT molecular complexity index is 531. The molecule has 0 aromatic heterocycles. The quantitative estimate of drug-likeness (QED) is 0.839. The molecule has 1 radical (unpaired) electrons. The van der Waals surface area contributed by atoms with Crippen LogP contribution in [0.25, 0.3) is 0 Å². The third-order valence-corrected chi connectivity index (χ3v) is 4.65. The summed E-state index contributed by atoms with van der Waals surface area (Å²) in [5, 5.41) is 0. The summed E-state index contributed by atoms with van der Waals surface area (Å²) in [6.07, 6.45) is 1.53. The van der Waals surface area contributed by atoms with Crippen molar-refractivity contribution in [2.75, 3.05) is 26.2 Å². The van der Waals surface area contributed by atoms with Crippen LogP contribution >= 0.6 is 0 Å². The van der Waals surface area contributed by atoms with Gasteiger partial charge in [-0.05, 0) is 36.7 Å². The number of hydrogen-bond donors (Lipinski definition) is 1. The van der Waals surface area contributed by atoms with Gasteiger partial charge >= 0.3 is 7.48 Å². The van der Waals surface area contributed by atoms with Crippen molar-refractivity contribution in [2.24, 2.45) is 5.73 Å². The molecule has 4 nitrogen and oxygen atoms in total. The van der Waals surface area contributed by atoms with Crippen molar-refractivity contribution in [2.45, 2.75) is 31.2 Å². The summed E-state index contributed by atoms with van der Waals surface area (Å²) in [4.78, 5) is 2.32. The summed E-state index contributed by atoms with van der Waals surface area (Å²) in [5.74, 6) is 3.33. The molecule has 2 aliphatic heterocycles. The SMILES string of the molecule is Cc1c(OC2CN(CCN)C2)ccc2c1O[B]C1CC21. The molecule has 0 amide bonds. The smallest absolute Gasteiger partial charge is 0.373 e. The highest BCUT2D eigenvalue weighted by atomic mass is 16.5. The highest BCUT2D eigenvalue weighted by molar-refractivity contribution is 6.33. The maximum absolute atomic E-state index is 6.10. The minimum Gasteiger partial charge on any atom is -0.562 e. The molecule has 2 heterocycles. The van der Waals surface area contributed by atoms with Crippen LogP contribution in [0.1, 0.15) is 23.5 Å². The van der Waals surface area contributed by atoms with Crippen molar-refractivity contribution in [3.8, 4) is 11.5 Å². The van der Waals surface area contributed by atoms with E-state index in [4.69, 9.17) is 15.1 Å². The Labute approximate surface area is 120 Å². The van der Waals surface area contributed by atoms with Gasteiger partial charge in [-0.1, -0.05) is 6.07 Å². The van der Waals surface area contributed by atoms with E-state index >= 15 is 0 Å². The molecule has 105 valence electrons. The molecule has 2 N–H and O–H groups in total. The summed E-state index contributed by atoms with van der Waals surface area (Å²) < 4.78 is 11.9. The van der Waals surface area contributed by atoms with Crippen LogP contribution in [0.5, 0.6) is 11.5 Å². The molecule has 1 saturated heterocycles. The topological polar surface area (TPSA) is 47.7 Å². The van der Waals surface area contributed by atoms with E-state index in [2.05, 4.69) is 24.0 Å². The summed E-state index contributed by atoms with van der Waals surface area (Å²) in [6.45, 7) is 5.73. The van der Waals surface area contributed by atoms with Crippen molar-refractivity contribution < 1.29 is 9.39 Å². The van der Waals surface area contributed by atoms with Gasteiger partial charge in [-0.15, -0.1) is 0 Å². The Morgan fingerprint density at radius 3 is 3.10 bits per heavy atom. The first-order valence-electron chi connectivity index (χ1n) is 7.49. The van der Waals surface area contributed by atoms with Crippen LogP contribution in [0.3, 0.4) is 0 Å². The van der Waals surface area contributed by atoms with Gasteiger partial charge in [0.05, 0.1) is 0 Å². The lowest BCUT2D eigenvalue weighted by molar-refractivity contribution is 0.0218. The molecular weight excluding hydrogens is 251 g/mol. The minimum absolute atomic E-state index is 0.291. The Hall–Kier alpha value is -1.20. The lowest BCUT2D eigenvalue weighted by atomic mass is 9.84. The van der Waals surface area contributed by atoms with Gasteiger partial charge in [0.1, 0.15) is 17.6 Å². The molecule has 2 atom stereocenters. The largest absolute Gasteiger partial charge is 0.562 e. The maximum Gasteiger partial charge on any atom is 0.373 e. The van der Waals surface area contributed by atoms with Crippen molar-refractivity contribution in [3.63, 3.8) is 0 Å². The molecule has 2 fully saturated rings. The molecule has 1 saturated carbocycles. The van der Waals surface area contributed by atoms with Crippen molar-refractivity contribution in [1.29, 1.82) is 0 Å². The van der Waals surface area contributed by atoms with E-state index in [1.54, 1.807) is 0 Å². The van der Waals surface area contributed by atoms with Gasteiger partial charge in [-0.2, -0.15) is 0 Å². The average molecular weight is 271 g/mol. The predicted octanol–water partition coefficient (Wildman–Crippen LogP) is 1.30. The lowest BCUT2D eigenvalue weighted by Crippen LogP contribution is -2.55. The Morgan fingerprint density at radius 1 is 1.45 bits per heavy atom. The Balaban J connectivity index is 1.47. The molecule has 2 unspecified atom stereocenters. The molecule has 1 aromatic rings. The monoisotopic (exact) mass is 271 g/mol. The zero-order valence-electron chi connectivity index (χ0n) is 11.8. The number of nitrogens with zero attached hydrogens (tertiary/aromatic N) is 1. The van der Waals surface area contributed by atoms with E-state index in [1.807, 2.05) is 7.48 Å². The van der Waals surface area contributed by atoms with Crippen LogP contribution in [-0.2, 0) is 0 Å². The predicted molar refractivity (Wildman–Crippen MR) is 78.6 cm³/mol. The second-order valence-electron chi connectivity index (χ2n) is 6.16. The number of fused-ring (bicyclic) bond motifs is 3. The van der Waals surface area contributed by atoms with E-state index in [1.165, 1.54) is 12.0 Å². The first kappa shape index (κ1) is 12.5. The highest BCUT2D eigenvalue weighted by Crippen LogP contribution is 2.58. The van der Waals surface area contributed by atoms with E-state index in [0.29, 0.717) is 17.8 Å². The third kappa shape index (κ3) is 2.00. The zero-order chi connectivity index (χ0) is 13.7. The van der Waals surface area contributed by atoms with Crippen LogP contribution in [0.2, 0.25) is 5.82 Å². The van der Waals surface area contributed by atoms with E-state index in [0.717, 1.165) is 43.2 Å². The molecule has 1 aromatic carbocycles. The van der Waals surface area contributed by atoms with Crippen LogP contribution in [0.4, 0.5) is 0 Å². The number of rotatable bonds is 4. The molecular formula is C15H20BN2O2. The van der Waals surface area contributed by atoms with Gasteiger partial charge in [-0.3, -0.25) is 4.90 Å². The Morgan fingerprint density at radius 2 is 2.30 bits per heavy atom. The average Bonchev–Trinajstić information content (AvgIpc) is 3.18. The molecule has 0 bridgehead atoms. The number of hydrogen-bond acceptors (Lipinski definition) is 4. The van der Waals surface area contributed by atoms with Crippen molar-refractivity contribution >= 4 is 7.48 Å². The first-order chi connectivity index (χ1) is 9.76. The van der Waals surface area contributed by atoms with Gasteiger partial charge < -0.3 is 15.1 Å². The first-order valence-corrected chi connectivity index (χ1v) is 7.49. The van der Waals surface area contributed by atoms with Crippen LogP contribution in [0.15, 0.2) is 12.1 Å². The van der Waals surface area contributed by atoms with E-state index in [-0.39, 0.29) is 0 Å². The molecule has 3 aliphatic rings. The van der Waals surface area contributed by atoms with Gasteiger partial charge in [0.15, 0.2) is 0 Å². The minimum atomic E-state index is 0.291. The fourth-order valence-corrected chi connectivity index (χ4v) is 3.29. The number of benzene rings is 1. The van der Waals surface area contributed by atoms with Crippen LogP contribution < -0.4 is 15.1 Å². The van der Waals surface area contributed by atoms with E-state index in [9.17, 15) is 0 Å². The summed E-state index contributed by atoms with van der Waals surface area (Å²) >= 11 is 0. The molecule has 0 spiro atoms. The van der Waals surface area contributed by atoms with Gasteiger partial charge in [0.25, 0.3) is 0 Å². The molecule has 1 aliphatic carbocycles. The van der Waals surface area contributed by atoms with Crippen molar-refractivity contribution in [1.82, 2.24) is 4.90 Å². The Kier molecular flexibility index (Phi) is 2.93. The second-order valence-corrected chi connectivity index (χ2v) is 6.16. The van der Waals surface area contributed by atoms with Crippen LogP contribution in [-0.4, -0.2) is 44.7 Å². The normalized spacial score (nSPS) is 27.7. The highest BCUT2D eigenvalue weighted by Gasteiger charge is 2.46. The number of likely N-dealkylation sites (tertiary alicyclic amines) is 1. The summed E-state index contributed by atoms with van der Waals surface area (Å²) in [5.41, 5.74) is 8.05. The lowest BCUT2D eigenvalue weighted by Gasteiger charge is -2.39. The number of ether oxygens (including phenoxy) is 1. The summed E-state index contributed by atoms with van der Waals surface area (Å²) in [6, 6.07) is 4.30. The van der Waals surface area contributed by atoms with Crippen LogP contribution in [0, 0.1) is 6.92 Å². The zero-order valence-corrected chi connectivity index (χ0v) is 11.8. The fourth-order valence-electron chi connectivity index (χ4n) is 3.29. The van der Waals surface area contributed by atoms with Gasteiger partial charge in [0, 0.05) is 31.7 Å². The third-order valence-electron chi connectivity index (χ3n) is 4.65. The van der Waals surface area contributed by atoms with E-state index < -0.39 is 0 Å². The molecule has 5 heteroatoms. The summed E-state index contributed by atoms with van der Waals surface area (Å²) in [7, 11) is 2.00. The number of nitrogens with two attached hydrogens (primary N) is 1. The van der Waals surface area contributed by atoms with Gasteiger partial charge in [0.2, 0.25) is 0 Å². The van der Waals surface area contributed by atoms with Crippen molar-refractivity contribution in [3.05, 3.63) is 23.3 Å². The van der Waals surface area contributed by atoms with Gasteiger partial charge in [-0.25, -0.2) is 0 Å². The standard InChI is InChI=1S/C15H20BN2O2/c1-9-14(19-10-7-18(8-10)5-4-17)3-2-11-12-6-13(12)16-20-15(9)11/h2-3,10,12-13H,4-8,17H2,1H3. The fraction of sp³-hybridized carbons (Fsp3) is 0.600. The second kappa shape index (κ2) is 4.67. The molecule has 4 rings (SSSR count). The maximum atomic E-state index is 6.10. The molecule has 20 heavy (non-hydrogen) atoms.